The van der Waals surface area contributed by atoms with Gasteiger partial charge in [-0.3, -0.25) is 0 Å². The van der Waals surface area contributed by atoms with Crippen LogP contribution in [0.15, 0.2) is 12.2 Å². The van der Waals surface area contributed by atoms with Crippen molar-refractivity contribution in [3.8, 4) is 0 Å². The van der Waals surface area contributed by atoms with Crippen LogP contribution in [0.1, 0.15) is 26.2 Å². The minimum atomic E-state index is -0.303. The van der Waals surface area contributed by atoms with Crippen LogP contribution < -0.4 is 0 Å². The normalized spacial score (nSPS) is 22.3. The molecule has 2 atom stereocenters. The van der Waals surface area contributed by atoms with Crippen molar-refractivity contribution >= 4 is 5.97 Å². The zero-order valence-electron chi connectivity index (χ0n) is 8.91. The molecule has 0 aromatic rings. The molecule has 14 heavy (non-hydrogen) atoms. The highest BCUT2D eigenvalue weighted by molar-refractivity contribution is 5.87. The number of esters is 1. The molecule has 1 aliphatic rings. The highest BCUT2D eigenvalue weighted by Crippen LogP contribution is 2.28. The van der Waals surface area contributed by atoms with E-state index in [1.54, 1.807) is 0 Å². The Morgan fingerprint density at radius 1 is 1.71 bits per heavy atom. The second-order valence-electron chi connectivity index (χ2n) is 3.67. The van der Waals surface area contributed by atoms with Crippen molar-refractivity contribution in [2.45, 2.75) is 32.3 Å². The number of carbonyl (C=O) groups is 1. The molecule has 0 radical (unpaired) electrons. The third-order valence-corrected chi connectivity index (χ3v) is 2.77. The van der Waals surface area contributed by atoms with E-state index >= 15 is 0 Å². The number of carbonyl (C=O) groups excluding carboxylic acids is 1. The molecule has 3 nitrogen and oxygen atoms in total. The van der Waals surface area contributed by atoms with Gasteiger partial charge in [0, 0.05) is 12.2 Å². The number of rotatable bonds is 5. The van der Waals surface area contributed by atoms with E-state index in [1.165, 1.54) is 7.11 Å². The van der Waals surface area contributed by atoms with Crippen molar-refractivity contribution < 1.29 is 14.3 Å². The smallest absolute Gasteiger partial charge is 0.333 e. The van der Waals surface area contributed by atoms with Gasteiger partial charge in [0.15, 0.2) is 0 Å². The number of methoxy groups -OCH3 is 1. The van der Waals surface area contributed by atoms with E-state index in [2.05, 4.69) is 18.2 Å². The highest BCUT2D eigenvalue weighted by atomic mass is 16.5. The molecule has 0 aliphatic carbocycles. The first kappa shape index (κ1) is 11.2. The zero-order chi connectivity index (χ0) is 10.6. The van der Waals surface area contributed by atoms with Crippen LogP contribution in [-0.2, 0) is 14.3 Å². The Labute approximate surface area is 85.1 Å². The minimum absolute atomic E-state index is 0.303. The standard InChI is InChI=1S/C11H18O3/c1-4-9(10-5-6-14-10)7-8(2)11(12)13-3/h9-10H,2,4-7H2,1,3H3. The predicted molar refractivity (Wildman–Crippen MR) is 53.9 cm³/mol. The van der Waals surface area contributed by atoms with Crippen molar-refractivity contribution in [1.82, 2.24) is 0 Å². The number of hydrogen-bond donors (Lipinski definition) is 0. The van der Waals surface area contributed by atoms with Gasteiger partial charge < -0.3 is 9.47 Å². The van der Waals surface area contributed by atoms with Gasteiger partial charge in [-0.05, 0) is 18.8 Å². The van der Waals surface area contributed by atoms with E-state index in [4.69, 9.17) is 4.74 Å². The van der Waals surface area contributed by atoms with Crippen LogP contribution in [0.3, 0.4) is 0 Å². The van der Waals surface area contributed by atoms with Gasteiger partial charge in [0.25, 0.3) is 0 Å². The Hall–Kier alpha value is -0.830. The van der Waals surface area contributed by atoms with Crippen molar-refractivity contribution in [2.75, 3.05) is 13.7 Å². The maximum atomic E-state index is 11.1. The first-order valence-corrected chi connectivity index (χ1v) is 5.06. The molecule has 0 spiro atoms. The Kier molecular flexibility index (Phi) is 4.14. The molecule has 0 saturated carbocycles. The molecule has 2 unspecified atom stereocenters. The van der Waals surface area contributed by atoms with Gasteiger partial charge in [-0.1, -0.05) is 19.9 Å². The van der Waals surface area contributed by atoms with Crippen LogP contribution in [0.4, 0.5) is 0 Å². The Morgan fingerprint density at radius 2 is 2.36 bits per heavy atom. The first-order valence-electron chi connectivity index (χ1n) is 5.06. The predicted octanol–water partition coefficient (Wildman–Crippen LogP) is 1.92. The summed E-state index contributed by atoms with van der Waals surface area (Å²) in [6, 6.07) is 0. The molecular weight excluding hydrogens is 180 g/mol. The lowest BCUT2D eigenvalue weighted by Crippen LogP contribution is -2.34. The molecule has 1 aliphatic heterocycles. The lowest BCUT2D eigenvalue weighted by atomic mass is 9.88. The lowest BCUT2D eigenvalue weighted by molar-refractivity contribution is -0.136. The zero-order valence-corrected chi connectivity index (χ0v) is 8.91. The molecule has 0 bridgehead atoms. The molecular formula is C11H18O3. The van der Waals surface area contributed by atoms with Crippen LogP contribution in [0, 0.1) is 5.92 Å². The molecule has 1 heterocycles. The van der Waals surface area contributed by atoms with Crippen molar-refractivity contribution in [2.24, 2.45) is 5.92 Å². The summed E-state index contributed by atoms with van der Waals surface area (Å²) in [6.45, 7) is 6.68. The minimum Gasteiger partial charge on any atom is -0.466 e. The van der Waals surface area contributed by atoms with Gasteiger partial charge in [0.05, 0.1) is 13.2 Å². The molecule has 1 saturated heterocycles. The molecule has 3 heteroatoms. The van der Waals surface area contributed by atoms with Crippen LogP contribution in [-0.4, -0.2) is 25.8 Å². The summed E-state index contributed by atoms with van der Waals surface area (Å²) < 4.78 is 10.0. The largest absolute Gasteiger partial charge is 0.466 e. The monoisotopic (exact) mass is 198 g/mol. The molecule has 0 aromatic carbocycles. The molecule has 80 valence electrons. The van der Waals surface area contributed by atoms with Crippen LogP contribution >= 0.6 is 0 Å². The first-order chi connectivity index (χ1) is 6.69. The van der Waals surface area contributed by atoms with Crippen molar-refractivity contribution in [3.05, 3.63) is 12.2 Å². The Bertz CT molecular complexity index is 219. The van der Waals surface area contributed by atoms with E-state index in [0.29, 0.717) is 24.0 Å². The van der Waals surface area contributed by atoms with Crippen LogP contribution in [0.2, 0.25) is 0 Å². The fourth-order valence-electron chi connectivity index (χ4n) is 1.71. The van der Waals surface area contributed by atoms with E-state index in [0.717, 1.165) is 19.4 Å². The topological polar surface area (TPSA) is 35.5 Å². The fraction of sp³-hybridized carbons (Fsp3) is 0.727. The summed E-state index contributed by atoms with van der Waals surface area (Å²) in [5, 5.41) is 0. The summed E-state index contributed by atoms with van der Waals surface area (Å²) >= 11 is 0. The van der Waals surface area contributed by atoms with Gasteiger partial charge in [-0.2, -0.15) is 0 Å². The molecule has 0 aromatic heterocycles. The van der Waals surface area contributed by atoms with Gasteiger partial charge >= 0.3 is 5.97 Å². The van der Waals surface area contributed by atoms with Gasteiger partial charge in [-0.15, -0.1) is 0 Å². The molecule has 1 rings (SSSR count). The highest BCUT2D eigenvalue weighted by Gasteiger charge is 2.28. The van der Waals surface area contributed by atoms with Crippen LogP contribution in [0.5, 0.6) is 0 Å². The SMILES string of the molecule is C=C(CC(CC)C1CCO1)C(=O)OC. The van der Waals surface area contributed by atoms with E-state index in [9.17, 15) is 4.79 Å². The van der Waals surface area contributed by atoms with Crippen molar-refractivity contribution in [3.63, 3.8) is 0 Å². The van der Waals surface area contributed by atoms with Gasteiger partial charge in [-0.25, -0.2) is 4.79 Å². The van der Waals surface area contributed by atoms with Gasteiger partial charge in [0.1, 0.15) is 0 Å². The van der Waals surface area contributed by atoms with E-state index < -0.39 is 0 Å². The fourth-order valence-corrected chi connectivity index (χ4v) is 1.71. The average molecular weight is 198 g/mol. The number of hydrogen-bond acceptors (Lipinski definition) is 3. The van der Waals surface area contributed by atoms with Crippen LogP contribution in [0.25, 0.3) is 0 Å². The van der Waals surface area contributed by atoms with Gasteiger partial charge in [0.2, 0.25) is 0 Å². The third kappa shape index (κ3) is 2.58. The summed E-state index contributed by atoms with van der Waals surface area (Å²) in [4.78, 5) is 11.1. The molecule has 1 fully saturated rings. The summed E-state index contributed by atoms with van der Waals surface area (Å²) in [5.74, 6) is 0.109. The second kappa shape index (κ2) is 5.15. The summed E-state index contributed by atoms with van der Waals surface area (Å²) in [6.07, 6.45) is 3.13. The van der Waals surface area contributed by atoms with Crippen molar-refractivity contribution in [1.29, 1.82) is 0 Å². The molecule has 0 amide bonds. The third-order valence-electron chi connectivity index (χ3n) is 2.77. The summed E-state index contributed by atoms with van der Waals surface area (Å²) in [5.41, 5.74) is 0.551. The average Bonchev–Trinajstić information content (AvgIpc) is 2.12. The molecule has 0 N–H and O–H groups in total. The quantitative estimate of drug-likeness (QED) is 0.500. The number of ether oxygens (including phenoxy) is 2. The Morgan fingerprint density at radius 3 is 2.71 bits per heavy atom. The van der Waals surface area contributed by atoms with E-state index in [1.807, 2.05) is 0 Å². The van der Waals surface area contributed by atoms with E-state index in [-0.39, 0.29) is 5.97 Å². The maximum Gasteiger partial charge on any atom is 0.333 e. The summed E-state index contributed by atoms with van der Waals surface area (Å²) in [7, 11) is 1.38. The lowest BCUT2D eigenvalue weighted by Gasteiger charge is -2.33. The second-order valence-corrected chi connectivity index (χ2v) is 3.67. The maximum absolute atomic E-state index is 11.1. The Balaban J connectivity index is 2.39.